The molecule has 0 spiro atoms. The molecule has 0 saturated carbocycles. The van der Waals surface area contributed by atoms with Crippen molar-refractivity contribution in [3.8, 4) is 23.0 Å². The smallest absolute Gasteiger partial charge is 0.167 e. The molecule has 0 fully saturated rings. The molecule has 0 aliphatic carbocycles. The third-order valence-corrected chi connectivity index (χ3v) is 3.70. The molecule has 0 aliphatic rings. The predicted octanol–water partition coefficient (Wildman–Crippen LogP) is 3.37. The summed E-state index contributed by atoms with van der Waals surface area (Å²) in [6.45, 7) is 0. The van der Waals surface area contributed by atoms with E-state index < -0.39 is 11.6 Å². The zero-order valence-corrected chi connectivity index (χ0v) is 15.0. The second kappa shape index (κ2) is 9.24. The summed E-state index contributed by atoms with van der Waals surface area (Å²) in [6.07, 6.45) is 5.18. The Kier molecular flexibility index (Phi) is 6.77. The molecule has 0 unspecified atom stereocenters. The lowest BCUT2D eigenvalue weighted by atomic mass is 10.1. The number of benzene rings is 2. The average molecular weight is 368 g/mol. The van der Waals surface area contributed by atoms with E-state index in [0.717, 1.165) is 0 Å². The molecular formula is C21H20O6. The molecule has 0 radical (unpaired) electrons. The molecule has 0 aliphatic heterocycles. The largest absolute Gasteiger partial charge is 0.504 e. The number of methoxy groups -OCH3 is 2. The summed E-state index contributed by atoms with van der Waals surface area (Å²) in [5, 5.41) is 19.4. The van der Waals surface area contributed by atoms with Gasteiger partial charge in [-0.3, -0.25) is 9.59 Å². The maximum Gasteiger partial charge on any atom is 0.167 e. The van der Waals surface area contributed by atoms with E-state index in [-0.39, 0.29) is 29.4 Å². The van der Waals surface area contributed by atoms with Gasteiger partial charge in [-0.2, -0.15) is 0 Å². The first-order chi connectivity index (χ1) is 13.0. The van der Waals surface area contributed by atoms with Gasteiger partial charge in [-0.05, 0) is 36.4 Å². The normalized spacial score (nSPS) is 11.0. The summed E-state index contributed by atoms with van der Waals surface area (Å²) < 4.78 is 10.2. The molecule has 0 aromatic heterocycles. The molecule has 6 heteroatoms. The van der Waals surface area contributed by atoms with Crippen LogP contribution in [0.25, 0.3) is 12.2 Å². The number of para-hydroxylation sites is 2. The van der Waals surface area contributed by atoms with Gasteiger partial charge in [0.05, 0.1) is 20.6 Å². The Bertz CT molecular complexity index is 822. The van der Waals surface area contributed by atoms with Crippen molar-refractivity contribution in [3.05, 3.63) is 59.7 Å². The zero-order valence-electron chi connectivity index (χ0n) is 15.0. The van der Waals surface area contributed by atoms with E-state index >= 15 is 0 Å². The fourth-order valence-corrected chi connectivity index (χ4v) is 2.45. The average Bonchev–Trinajstić information content (AvgIpc) is 2.64. The second-order valence-corrected chi connectivity index (χ2v) is 5.58. The van der Waals surface area contributed by atoms with Crippen LogP contribution in [0, 0.1) is 0 Å². The Morgan fingerprint density at radius 1 is 0.815 bits per heavy atom. The first kappa shape index (κ1) is 19.8. The van der Waals surface area contributed by atoms with Gasteiger partial charge in [0, 0.05) is 11.1 Å². The Morgan fingerprint density at radius 3 is 1.59 bits per heavy atom. The quantitative estimate of drug-likeness (QED) is 0.548. The Hall–Kier alpha value is -3.54. The molecular weight excluding hydrogens is 348 g/mol. The van der Waals surface area contributed by atoms with Crippen LogP contribution in [-0.2, 0) is 9.59 Å². The van der Waals surface area contributed by atoms with E-state index in [1.54, 1.807) is 24.3 Å². The second-order valence-electron chi connectivity index (χ2n) is 5.58. The van der Waals surface area contributed by atoms with Gasteiger partial charge in [0.25, 0.3) is 0 Å². The third kappa shape index (κ3) is 5.22. The van der Waals surface area contributed by atoms with Crippen LogP contribution in [0.2, 0.25) is 0 Å². The van der Waals surface area contributed by atoms with Crippen molar-refractivity contribution >= 4 is 23.7 Å². The molecule has 6 nitrogen and oxygen atoms in total. The maximum absolute atomic E-state index is 12.0. The van der Waals surface area contributed by atoms with Crippen molar-refractivity contribution in [2.45, 2.75) is 6.42 Å². The van der Waals surface area contributed by atoms with E-state index in [4.69, 9.17) is 9.47 Å². The number of carbonyl (C=O) groups is 2. The first-order valence-electron chi connectivity index (χ1n) is 8.10. The number of phenols is 2. The molecule has 0 atom stereocenters. The summed E-state index contributed by atoms with van der Waals surface area (Å²) in [6, 6.07) is 9.55. The Balaban J connectivity index is 2.03. The number of ketones is 2. The highest BCUT2D eigenvalue weighted by atomic mass is 16.5. The molecule has 2 N–H and O–H groups in total. The van der Waals surface area contributed by atoms with Crippen LogP contribution in [-0.4, -0.2) is 36.0 Å². The van der Waals surface area contributed by atoms with Crippen molar-refractivity contribution in [2.75, 3.05) is 14.2 Å². The first-order valence-corrected chi connectivity index (χ1v) is 8.10. The lowest BCUT2D eigenvalue weighted by Gasteiger charge is -2.06. The maximum atomic E-state index is 12.0. The molecule has 0 bridgehead atoms. The minimum absolute atomic E-state index is 0.0360. The fraction of sp³-hybridized carbons (Fsp3) is 0.143. The van der Waals surface area contributed by atoms with E-state index in [2.05, 4.69) is 0 Å². The fourth-order valence-electron chi connectivity index (χ4n) is 2.45. The van der Waals surface area contributed by atoms with Gasteiger partial charge in [0.2, 0.25) is 0 Å². The minimum atomic E-state index is -0.391. The SMILES string of the molecule is COc1c(O)cccc1C=CC(=O)CC(=O)C=Cc1cccc(O)c1OC. The minimum Gasteiger partial charge on any atom is -0.504 e. The molecule has 0 amide bonds. The molecule has 27 heavy (non-hydrogen) atoms. The van der Waals surface area contributed by atoms with Crippen LogP contribution < -0.4 is 9.47 Å². The van der Waals surface area contributed by atoms with Crippen LogP contribution in [0.5, 0.6) is 23.0 Å². The number of phenolic OH excluding ortho intramolecular Hbond substituents is 2. The summed E-state index contributed by atoms with van der Waals surface area (Å²) in [4.78, 5) is 24.0. The highest BCUT2D eigenvalue weighted by Gasteiger charge is 2.09. The van der Waals surface area contributed by atoms with E-state index in [1.165, 1.54) is 50.7 Å². The number of allylic oxidation sites excluding steroid dienone is 2. The lowest BCUT2D eigenvalue weighted by Crippen LogP contribution is -2.02. The van der Waals surface area contributed by atoms with E-state index in [1.807, 2.05) is 0 Å². The highest BCUT2D eigenvalue weighted by Crippen LogP contribution is 2.31. The number of carbonyl (C=O) groups excluding carboxylic acids is 2. The number of ether oxygens (including phenoxy) is 2. The van der Waals surface area contributed by atoms with Crippen molar-refractivity contribution in [2.24, 2.45) is 0 Å². The highest BCUT2D eigenvalue weighted by molar-refractivity contribution is 6.11. The molecule has 0 heterocycles. The molecule has 2 aromatic carbocycles. The van der Waals surface area contributed by atoms with Crippen LogP contribution in [0.4, 0.5) is 0 Å². The van der Waals surface area contributed by atoms with Crippen molar-refractivity contribution in [1.29, 1.82) is 0 Å². The molecule has 2 rings (SSSR count). The molecule has 140 valence electrons. The van der Waals surface area contributed by atoms with Crippen LogP contribution in [0.15, 0.2) is 48.6 Å². The standard InChI is InChI=1S/C21H20O6/c1-26-20-14(5-3-7-18(20)24)9-11-16(22)13-17(23)12-10-15-6-4-8-19(25)21(15)27-2/h3-12,24-25H,13H2,1-2H3. The van der Waals surface area contributed by atoms with Crippen molar-refractivity contribution in [1.82, 2.24) is 0 Å². The van der Waals surface area contributed by atoms with Crippen molar-refractivity contribution in [3.63, 3.8) is 0 Å². The van der Waals surface area contributed by atoms with Gasteiger partial charge < -0.3 is 19.7 Å². The third-order valence-electron chi connectivity index (χ3n) is 3.70. The Labute approximate surface area is 157 Å². The molecule has 2 aromatic rings. The van der Waals surface area contributed by atoms with Gasteiger partial charge in [0.1, 0.15) is 0 Å². The van der Waals surface area contributed by atoms with Crippen LogP contribution >= 0.6 is 0 Å². The molecule has 0 saturated heterocycles. The number of rotatable bonds is 8. The summed E-state index contributed by atoms with van der Waals surface area (Å²) in [5.41, 5.74) is 1.05. The van der Waals surface area contributed by atoms with Crippen LogP contribution in [0.3, 0.4) is 0 Å². The summed E-state index contributed by atoms with van der Waals surface area (Å²) in [5.74, 6) is -0.347. The van der Waals surface area contributed by atoms with Gasteiger partial charge >= 0.3 is 0 Å². The number of hydrogen-bond acceptors (Lipinski definition) is 6. The van der Waals surface area contributed by atoms with E-state index in [9.17, 15) is 19.8 Å². The van der Waals surface area contributed by atoms with Gasteiger partial charge in [0.15, 0.2) is 34.6 Å². The van der Waals surface area contributed by atoms with Gasteiger partial charge in [-0.15, -0.1) is 0 Å². The summed E-state index contributed by atoms with van der Waals surface area (Å²) in [7, 11) is 2.83. The Morgan fingerprint density at radius 2 is 1.22 bits per heavy atom. The zero-order chi connectivity index (χ0) is 19.8. The topological polar surface area (TPSA) is 93.1 Å². The van der Waals surface area contributed by atoms with Gasteiger partial charge in [-0.25, -0.2) is 0 Å². The number of hydrogen-bond donors (Lipinski definition) is 2. The van der Waals surface area contributed by atoms with Gasteiger partial charge in [-0.1, -0.05) is 24.3 Å². The monoisotopic (exact) mass is 368 g/mol. The van der Waals surface area contributed by atoms with E-state index in [0.29, 0.717) is 11.1 Å². The summed E-state index contributed by atoms with van der Waals surface area (Å²) >= 11 is 0. The predicted molar refractivity (Wildman–Crippen MR) is 102 cm³/mol. The lowest BCUT2D eigenvalue weighted by molar-refractivity contribution is -0.121. The van der Waals surface area contributed by atoms with Crippen molar-refractivity contribution < 1.29 is 29.3 Å². The number of aromatic hydroxyl groups is 2. The van der Waals surface area contributed by atoms with Crippen LogP contribution in [0.1, 0.15) is 17.5 Å².